The second-order valence-electron chi connectivity index (χ2n) is 6.97. The summed E-state index contributed by atoms with van der Waals surface area (Å²) in [5.74, 6) is -2.73. The van der Waals surface area contributed by atoms with Gasteiger partial charge in [0.05, 0.1) is 0 Å². The predicted octanol–water partition coefficient (Wildman–Crippen LogP) is 4.37. The molecule has 7 nitrogen and oxygen atoms in total. The Hall–Kier alpha value is -3.73. The molecule has 0 radical (unpaired) electrons. The average Bonchev–Trinajstić information content (AvgIpc) is 3.28. The van der Waals surface area contributed by atoms with Crippen LogP contribution in [0.15, 0.2) is 56.6 Å². The summed E-state index contributed by atoms with van der Waals surface area (Å²) in [6, 6.07) is 10.4. The maximum Gasteiger partial charge on any atom is 0.471 e. The summed E-state index contributed by atoms with van der Waals surface area (Å²) in [6.45, 7) is 0.122. The van der Waals surface area contributed by atoms with E-state index in [-0.39, 0.29) is 35.6 Å². The Morgan fingerprint density at radius 3 is 2.15 bits per heavy atom. The maximum absolute atomic E-state index is 14.5. The molecule has 0 aliphatic heterocycles. The maximum atomic E-state index is 14.5. The van der Waals surface area contributed by atoms with Gasteiger partial charge in [0.1, 0.15) is 17.2 Å². The van der Waals surface area contributed by atoms with E-state index in [9.17, 15) is 27.2 Å². The Morgan fingerprint density at radius 2 is 1.58 bits per heavy atom. The molecule has 1 heterocycles. The molecule has 0 bridgehead atoms. The molecule has 0 amide bonds. The van der Waals surface area contributed by atoms with Gasteiger partial charge >= 0.3 is 12.1 Å². The minimum Gasteiger partial charge on any atom is -0.376 e. The van der Waals surface area contributed by atoms with Crippen molar-refractivity contribution in [3.8, 4) is 11.4 Å². The number of aromatic nitrogens is 2. The van der Waals surface area contributed by atoms with E-state index in [0.717, 1.165) is 11.6 Å². The number of rotatable bonds is 7. The number of halogens is 5. The zero-order chi connectivity index (χ0) is 23.8. The largest absolute Gasteiger partial charge is 0.471 e. The van der Waals surface area contributed by atoms with Crippen molar-refractivity contribution >= 4 is 23.0 Å². The third-order valence-corrected chi connectivity index (χ3v) is 4.98. The minimum atomic E-state index is -4.81. The normalized spacial score (nSPS) is 11.7. The molecular formula is C21H13ClF4N4O3. The van der Waals surface area contributed by atoms with Crippen LogP contribution in [-0.4, -0.2) is 10.1 Å². The molecule has 2 N–H and O–H groups in total. The summed E-state index contributed by atoms with van der Waals surface area (Å²) in [6.07, 6.45) is -4.81. The van der Waals surface area contributed by atoms with Gasteiger partial charge in [0.15, 0.2) is 0 Å². The smallest absolute Gasteiger partial charge is 0.376 e. The molecular weight excluding hydrogens is 468 g/mol. The monoisotopic (exact) mass is 480 g/mol. The van der Waals surface area contributed by atoms with Gasteiger partial charge in [-0.15, -0.1) is 0 Å². The lowest BCUT2D eigenvalue weighted by Gasteiger charge is -2.15. The number of hydrogen-bond acceptors (Lipinski definition) is 7. The zero-order valence-electron chi connectivity index (χ0n) is 16.5. The number of benzene rings is 2. The van der Waals surface area contributed by atoms with Gasteiger partial charge in [-0.1, -0.05) is 41.0 Å². The summed E-state index contributed by atoms with van der Waals surface area (Å²) in [7, 11) is 0. The van der Waals surface area contributed by atoms with Crippen molar-refractivity contribution in [1.29, 1.82) is 0 Å². The lowest BCUT2D eigenvalue weighted by molar-refractivity contribution is -0.159. The van der Waals surface area contributed by atoms with Gasteiger partial charge in [-0.25, -0.2) is 4.39 Å². The molecule has 0 saturated heterocycles. The van der Waals surface area contributed by atoms with Crippen molar-refractivity contribution in [2.45, 2.75) is 19.3 Å². The standard InChI is InChI=1S/C21H13ClF4N4O3/c22-13-5-1-10(2-6-13)8-27-15-16(18(32)17(15)31)28-9-12-4-3-11(7-14(12)23)19-29-20(33-30-19)21(24,25)26/h1-7,27-28H,8-9H2. The number of alkyl halides is 3. The molecule has 4 aromatic rings. The van der Waals surface area contributed by atoms with Gasteiger partial charge in [-0.05, 0) is 23.8 Å². The highest BCUT2D eigenvalue weighted by atomic mass is 35.5. The van der Waals surface area contributed by atoms with Gasteiger partial charge < -0.3 is 15.2 Å². The molecule has 0 spiro atoms. The van der Waals surface area contributed by atoms with Crippen molar-refractivity contribution < 1.29 is 22.1 Å². The number of anilines is 2. The van der Waals surface area contributed by atoms with E-state index in [1.807, 2.05) is 0 Å². The number of hydrogen-bond donors (Lipinski definition) is 2. The Morgan fingerprint density at radius 1 is 0.939 bits per heavy atom. The van der Waals surface area contributed by atoms with Crippen molar-refractivity contribution in [2.75, 3.05) is 10.6 Å². The van der Waals surface area contributed by atoms with Crippen LogP contribution in [-0.2, 0) is 19.3 Å². The van der Waals surface area contributed by atoms with Crippen molar-refractivity contribution in [3.05, 3.63) is 90.8 Å². The average molecular weight is 481 g/mol. The Labute approximate surface area is 187 Å². The van der Waals surface area contributed by atoms with E-state index in [1.165, 1.54) is 12.1 Å². The molecule has 0 aliphatic carbocycles. The summed E-state index contributed by atoms with van der Waals surface area (Å²) >= 11 is 5.83. The number of nitrogens with one attached hydrogen (secondary N) is 2. The van der Waals surface area contributed by atoms with Gasteiger partial charge in [0.2, 0.25) is 5.82 Å². The highest BCUT2D eigenvalue weighted by Gasteiger charge is 2.38. The Balaban J connectivity index is 1.44. The first-order chi connectivity index (χ1) is 15.6. The van der Waals surface area contributed by atoms with Crippen LogP contribution >= 0.6 is 11.6 Å². The van der Waals surface area contributed by atoms with Crippen LogP contribution < -0.4 is 21.5 Å². The topological polar surface area (TPSA) is 97.1 Å². The van der Waals surface area contributed by atoms with Gasteiger partial charge in [0.25, 0.3) is 10.9 Å². The summed E-state index contributed by atoms with van der Waals surface area (Å²) < 4.78 is 56.4. The first-order valence-corrected chi connectivity index (χ1v) is 9.76. The summed E-state index contributed by atoms with van der Waals surface area (Å²) in [4.78, 5) is 27.0. The van der Waals surface area contributed by atoms with Crippen LogP contribution in [0.4, 0.5) is 28.9 Å². The van der Waals surface area contributed by atoms with E-state index in [0.29, 0.717) is 5.02 Å². The summed E-state index contributed by atoms with van der Waals surface area (Å²) in [5, 5.41) is 9.36. The Bertz CT molecular complexity index is 1380. The molecule has 1 aromatic heterocycles. The van der Waals surface area contributed by atoms with E-state index in [4.69, 9.17) is 11.6 Å². The van der Waals surface area contributed by atoms with Crippen LogP contribution in [0.2, 0.25) is 5.02 Å². The number of nitrogens with zero attached hydrogens (tertiary/aromatic N) is 2. The highest BCUT2D eigenvalue weighted by molar-refractivity contribution is 6.30. The Kier molecular flexibility index (Phi) is 5.90. The second-order valence-corrected chi connectivity index (χ2v) is 7.41. The zero-order valence-corrected chi connectivity index (χ0v) is 17.2. The van der Waals surface area contributed by atoms with Crippen molar-refractivity contribution in [2.24, 2.45) is 0 Å². The SMILES string of the molecule is O=c1c(NCc2ccc(Cl)cc2)c(NCc2ccc(-c3noc(C(F)(F)F)n3)cc2F)c1=O. The van der Waals surface area contributed by atoms with Crippen molar-refractivity contribution in [3.63, 3.8) is 0 Å². The minimum absolute atomic E-state index is 0.0186. The second kappa shape index (κ2) is 8.66. The molecule has 0 aliphatic rings. The van der Waals surface area contributed by atoms with E-state index >= 15 is 0 Å². The molecule has 0 saturated carbocycles. The van der Waals surface area contributed by atoms with Crippen molar-refractivity contribution in [1.82, 2.24) is 10.1 Å². The lowest BCUT2D eigenvalue weighted by atomic mass is 10.1. The van der Waals surface area contributed by atoms with Gasteiger partial charge in [-0.2, -0.15) is 18.2 Å². The lowest BCUT2D eigenvalue weighted by Crippen LogP contribution is -2.37. The fourth-order valence-corrected chi connectivity index (χ4v) is 3.12. The van der Waals surface area contributed by atoms with Gasteiger partial charge in [-0.3, -0.25) is 9.59 Å². The first-order valence-electron chi connectivity index (χ1n) is 9.38. The van der Waals surface area contributed by atoms with E-state index in [1.54, 1.807) is 24.3 Å². The van der Waals surface area contributed by atoms with Gasteiger partial charge in [0, 0.05) is 29.2 Å². The fourth-order valence-electron chi connectivity index (χ4n) is 2.99. The van der Waals surface area contributed by atoms with E-state index < -0.39 is 34.6 Å². The third kappa shape index (κ3) is 4.72. The molecule has 4 rings (SSSR count). The molecule has 33 heavy (non-hydrogen) atoms. The highest BCUT2D eigenvalue weighted by Crippen LogP contribution is 2.30. The van der Waals surface area contributed by atoms with E-state index in [2.05, 4.69) is 25.3 Å². The quantitative estimate of drug-likeness (QED) is 0.299. The fraction of sp³-hybridized carbons (Fsp3) is 0.143. The van der Waals surface area contributed by atoms with Crippen LogP contribution in [0.1, 0.15) is 17.0 Å². The van der Waals surface area contributed by atoms with Crippen LogP contribution in [0, 0.1) is 5.82 Å². The van der Waals surface area contributed by atoms with Crippen LogP contribution in [0.25, 0.3) is 11.4 Å². The first kappa shape index (κ1) is 22.5. The van der Waals surface area contributed by atoms with Crippen LogP contribution in [0.5, 0.6) is 0 Å². The third-order valence-electron chi connectivity index (χ3n) is 4.73. The molecule has 3 aromatic carbocycles. The molecule has 170 valence electrons. The molecule has 0 fully saturated rings. The molecule has 0 atom stereocenters. The molecule has 12 heteroatoms. The summed E-state index contributed by atoms with van der Waals surface area (Å²) in [5.41, 5.74) is -0.416. The predicted molar refractivity (Wildman–Crippen MR) is 112 cm³/mol. The molecule has 0 unspecified atom stereocenters. The van der Waals surface area contributed by atoms with Crippen LogP contribution in [0.3, 0.4) is 0 Å².